The molecular formula is C14H20FN5OS. The topological polar surface area (TPSA) is 67.1 Å². The molecule has 0 spiro atoms. The van der Waals surface area contributed by atoms with Crippen molar-refractivity contribution in [1.29, 1.82) is 0 Å². The van der Waals surface area contributed by atoms with Crippen molar-refractivity contribution in [2.24, 2.45) is 0 Å². The third-order valence-electron chi connectivity index (χ3n) is 3.79. The molecule has 8 heteroatoms. The molecule has 120 valence electrons. The van der Waals surface area contributed by atoms with E-state index in [0.717, 1.165) is 28.8 Å². The quantitative estimate of drug-likeness (QED) is 0.880. The average molecular weight is 325 g/mol. The summed E-state index contributed by atoms with van der Waals surface area (Å²) in [6, 6.07) is 2.02. The molecule has 2 atom stereocenters. The third-order valence-corrected chi connectivity index (χ3v) is 4.50. The number of hydrogen-bond acceptors (Lipinski definition) is 7. The molecule has 3 heterocycles. The Morgan fingerprint density at radius 3 is 3.09 bits per heavy atom. The number of rotatable bonds is 6. The van der Waals surface area contributed by atoms with Crippen LogP contribution in [0.2, 0.25) is 0 Å². The number of aryl methyl sites for hydroxylation is 2. The smallest absolute Gasteiger partial charge is 0.202 e. The molecule has 1 aliphatic heterocycles. The van der Waals surface area contributed by atoms with E-state index in [9.17, 15) is 4.39 Å². The van der Waals surface area contributed by atoms with Crippen molar-refractivity contribution in [2.75, 3.05) is 18.4 Å². The summed E-state index contributed by atoms with van der Waals surface area (Å²) in [5.74, 6) is 1.62. The first-order valence-electron chi connectivity index (χ1n) is 7.50. The molecular weight excluding hydrogens is 305 g/mol. The minimum absolute atomic E-state index is 0.120. The van der Waals surface area contributed by atoms with E-state index in [1.165, 1.54) is 11.5 Å². The average Bonchev–Trinajstić information content (AvgIpc) is 3.18. The third kappa shape index (κ3) is 3.61. The van der Waals surface area contributed by atoms with Gasteiger partial charge in [0.25, 0.3) is 0 Å². The van der Waals surface area contributed by atoms with Gasteiger partial charge in [-0.2, -0.15) is 4.37 Å². The number of aromatic nitrogens is 3. The molecule has 0 aliphatic carbocycles. The Hall–Kier alpha value is -1.54. The van der Waals surface area contributed by atoms with E-state index >= 15 is 0 Å². The van der Waals surface area contributed by atoms with Crippen molar-refractivity contribution in [3.63, 3.8) is 0 Å². The highest BCUT2D eigenvalue weighted by molar-refractivity contribution is 7.09. The van der Waals surface area contributed by atoms with E-state index in [0.29, 0.717) is 26.1 Å². The van der Waals surface area contributed by atoms with Crippen LogP contribution in [0.5, 0.6) is 0 Å². The van der Waals surface area contributed by atoms with Crippen molar-refractivity contribution < 1.29 is 8.91 Å². The summed E-state index contributed by atoms with van der Waals surface area (Å²) < 4.78 is 23.3. The molecule has 0 saturated carbocycles. The summed E-state index contributed by atoms with van der Waals surface area (Å²) in [4.78, 5) is 6.47. The van der Waals surface area contributed by atoms with Gasteiger partial charge >= 0.3 is 0 Å². The molecule has 0 radical (unpaired) electrons. The van der Waals surface area contributed by atoms with Crippen LogP contribution in [-0.4, -0.2) is 44.7 Å². The van der Waals surface area contributed by atoms with Crippen LogP contribution in [0.3, 0.4) is 0 Å². The van der Waals surface area contributed by atoms with E-state index in [-0.39, 0.29) is 6.04 Å². The van der Waals surface area contributed by atoms with Gasteiger partial charge in [-0.1, -0.05) is 12.1 Å². The van der Waals surface area contributed by atoms with Crippen LogP contribution in [0, 0.1) is 6.92 Å². The van der Waals surface area contributed by atoms with E-state index in [2.05, 4.69) is 24.7 Å². The van der Waals surface area contributed by atoms with E-state index < -0.39 is 6.17 Å². The highest BCUT2D eigenvalue weighted by Crippen LogP contribution is 2.24. The van der Waals surface area contributed by atoms with Gasteiger partial charge in [0.1, 0.15) is 12.0 Å². The van der Waals surface area contributed by atoms with Gasteiger partial charge in [-0.05, 0) is 13.3 Å². The molecule has 3 rings (SSSR count). The number of halogens is 1. The molecule has 0 unspecified atom stereocenters. The molecule has 1 aliphatic rings. The lowest BCUT2D eigenvalue weighted by atomic mass is 10.2. The van der Waals surface area contributed by atoms with Crippen molar-refractivity contribution in [1.82, 2.24) is 19.4 Å². The second-order valence-corrected chi connectivity index (χ2v) is 6.35. The molecule has 0 amide bonds. The van der Waals surface area contributed by atoms with Crippen LogP contribution in [0.4, 0.5) is 9.52 Å². The summed E-state index contributed by atoms with van der Waals surface area (Å²) in [6.07, 6.45) is 0.557. The van der Waals surface area contributed by atoms with Crippen molar-refractivity contribution in [3.8, 4) is 0 Å². The summed E-state index contributed by atoms with van der Waals surface area (Å²) in [6.45, 7) is 5.59. The van der Waals surface area contributed by atoms with Gasteiger partial charge < -0.3 is 9.84 Å². The second-order valence-electron chi connectivity index (χ2n) is 5.60. The molecule has 6 nitrogen and oxygen atoms in total. The molecule has 0 aromatic carbocycles. The normalized spacial score (nSPS) is 22.3. The summed E-state index contributed by atoms with van der Waals surface area (Å²) >= 11 is 1.35. The SMILES string of the molecule is CCc1nsc(NC[C@@H]2C[C@H](F)CN2Cc2cc(C)no2)n1. The molecule has 2 aromatic rings. The highest BCUT2D eigenvalue weighted by Gasteiger charge is 2.32. The molecule has 2 aromatic heterocycles. The zero-order valence-corrected chi connectivity index (χ0v) is 13.6. The number of nitrogens with zero attached hydrogens (tertiary/aromatic N) is 4. The molecule has 1 saturated heterocycles. The number of alkyl halides is 1. The van der Waals surface area contributed by atoms with Crippen LogP contribution in [-0.2, 0) is 13.0 Å². The molecule has 1 N–H and O–H groups in total. The summed E-state index contributed by atoms with van der Waals surface area (Å²) in [5.41, 5.74) is 0.849. The lowest BCUT2D eigenvalue weighted by Gasteiger charge is -2.22. The Bertz CT molecular complexity index is 616. The Balaban J connectivity index is 1.58. The van der Waals surface area contributed by atoms with Gasteiger partial charge in [-0.3, -0.25) is 4.90 Å². The first-order chi connectivity index (χ1) is 10.6. The maximum atomic E-state index is 13.8. The zero-order valence-electron chi connectivity index (χ0n) is 12.8. The Kier molecular flexibility index (Phi) is 4.68. The monoisotopic (exact) mass is 325 g/mol. The van der Waals surface area contributed by atoms with Gasteiger partial charge in [0, 0.05) is 43.2 Å². The maximum Gasteiger partial charge on any atom is 0.202 e. The Labute approximate surface area is 132 Å². The fraction of sp³-hybridized carbons (Fsp3) is 0.643. The summed E-state index contributed by atoms with van der Waals surface area (Å²) in [5, 5.41) is 7.95. The lowest BCUT2D eigenvalue weighted by molar-refractivity contribution is 0.213. The highest BCUT2D eigenvalue weighted by atomic mass is 32.1. The van der Waals surface area contributed by atoms with Crippen molar-refractivity contribution in [2.45, 2.75) is 45.4 Å². The Morgan fingerprint density at radius 1 is 1.55 bits per heavy atom. The first-order valence-corrected chi connectivity index (χ1v) is 8.28. The summed E-state index contributed by atoms with van der Waals surface area (Å²) in [7, 11) is 0. The van der Waals surface area contributed by atoms with Crippen LogP contribution in [0.25, 0.3) is 0 Å². The lowest BCUT2D eigenvalue weighted by Crippen LogP contribution is -2.34. The van der Waals surface area contributed by atoms with E-state index in [4.69, 9.17) is 4.52 Å². The van der Waals surface area contributed by atoms with Crippen LogP contribution < -0.4 is 5.32 Å². The fourth-order valence-electron chi connectivity index (χ4n) is 2.69. The second kappa shape index (κ2) is 6.70. The van der Waals surface area contributed by atoms with Gasteiger partial charge in [-0.15, -0.1) is 0 Å². The minimum Gasteiger partial charge on any atom is -0.360 e. The van der Waals surface area contributed by atoms with Gasteiger partial charge in [-0.25, -0.2) is 9.37 Å². The van der Waals surface area contributed by atoms with E-state index in [1.807, 2.05) is 19.9 Å². The zero-order chi connectivity index (χ0) is 15.5. The van der Waals surface area contributed by atoms with Gasteiger partial charge in [0.2, 0.25) is 5.13 Å². The van der Waals surface area contributed by atoms with Crippen LogP contribution in [0.1, 0.15) is 30.6 Å². The largest absolute Gasteiger partial charge is 0.360 e. The van der Waals surface area contributed by atoms with Gasteiger partial charge in [0.15, 0.2) is 5.76 Å². The number of hydrogen-bond donors (Lipinski definition) is 1. The Morgan fingerprint density at radius 2 is 2.41 bits per heavy atom. The number of likely N-dealkylation sites (tertiary alicyclic amines) is 1. The predicted molar refractivity (Wildman–Crippen MR) is 82.7 cm³/mol. The van der Waals surface area contributed by atoms with E-state index in [1.54, 1.807) is 0 Å². The standard InChI is InChI=1S/C14H20FN5OS/c1-3-13-17-14(22-19-13)16-6-11-5-10(15)7-20(11)8-12-4-9(2)18-21-12/h4,10-11H,3,5-8H2,1-2H3,(H,16,17,19)/t10-,11-/m0/s1. The van der Waals surface area contributed by atoms with Gasteiger partial charge in [0.05, 0.1) is 12.2 Å². The molecule has 22 heavy (non-hydrogen) atoms. The minimum atomic E-state index is -0.795. The fourth-order valence-corrected chi connectivity index (χ4v) is 3.35. The first kappa shape index (κ1) is 15.4. The number of anilines is 1. The van der Waals surface area contributed by atoms with Crippen LogP contribution in [0.15, 0.2) is 10.6 Å². The maximum absolute atomic E-state index is 13.8. The van der Waals surface area contributed by atoms with Crippen LogP contribution >= 0.6 is 11.5 Å². The van der Waals surface area contributed by atoms with Crippen molar-refractivity contribution in [3.05, 3.63) is 23.3 Å². The molecule has 1 fully saturated rings. The molecule has 0 bridgehead atoms. The predicted octanol–water partition coefficient (Wildman–Crippen LogP) is 2.42. The number of nitrogens with one attached hydrogen (secondary N) is 1. The van der Waals surface area contributed by atoms with Crippen molar-refractivity contribution >= 4 is 16.7 Å².